The van der Waals surface area contributed by atoms with Gasteiger partial charge in [-0.1, -0.05) is 18.2 Å². The molecular formula is C17H23NO2S. The Morgan fingerprint density at radius 1 is 1.48 bits per heavy atom. The van der Waals surface area contributed by atoms with Gasteiger partial charge in [-0.3, -0.25) is 4.79 Å². The first-order valence-corrected chi connectivity index (χ1v) is 8.60. The summed E-state index contributed by atoms with van der Waals surface area (Å²) in [5, 5.41) is 5.75. The Labute approximate surface area is 130 Å². The van der Waals surface area contributed by atoms with Crippen molar-refractivity contribution in [3.05, 3.63) is 34.5 Å². The monoisotopic (exact) mass is 305 g/mol. The van der Waals surface area contributed by atoms with Crippen LogP contribution >= 0.6 is 11.3 Å². The average molecular weight is 305 g/mol. The molecule has 2 aliphatic carbocycles. The summed E-state index contributed by atoms with van der Waals surface area (Å²) in [5.41, 5.74) is 0. The minimum Gasteiger partial charge on any atom is -0.469 e. The Kier molecular flexibility index (Phi) is 4.45. The van der Waals surface area contributed by atoms with Gasteiger partial charge in [0.2, 0.25) is 0 Å². The van der Waals surface area contributed by atoms with Gasteiger partial charge in [0, 0.05) is 10.9 Å². The highest BCUT2D eigenvalue weighted by molar-refractivity contribution is 7.10. The number of allylic oxidation sites excluding steroid dienone is 2. The molecule has 3 rings (SSSR count). The zero-order valence-corrected chi connectivity index (χ0v) is 13.4. The number of carbonyl (C=O) groups is 1. The Morgan fingerprint density at radius 2 is 2.33 bits per heavy atom. The molecule has 0 aromatic carbocycles. The molecule has 1 N–H and O–H groups in total. The third kappa shape index (κ3) is 3.22. The molecule has 1 aromatic rings. The number of esters is 1. The van der Waals surface area contributed by atoms with Crippen molar-refractivity contribution < 1.29 is 9.53 Å². The van der Waals surface area contributed by atoms with Crippen LogP contribution in [-0.2, 0) is 9.53 Å². The first-order valence-electron chi connectivity index (χ1n) is 7.72. The van der Waals surface area contributed by atoms with Gasteiger partial charge in [0.15, 0.2) is 0 Å². The van der Waals surface area contributed by atoms with Crippen molar-refractivity contribution in [3.8, 4) is 0 Å². The van der Waals surface area contributed by atoms with Gasteiger partial charge < -0.3 is 10.1 Å². The molecule has 0 saturated heterocycles. The van der Waals surface area contributed by atoms with E-state index in [1.54, 1.807) is 11.3 Å². The Bertz CT molecular complexity index is 511. The molecule has 1 heterocycles. The molecule has 0 radical (unpaired) electrons. The maximum atomic E-state index is 11.7. The predicted octanol–water partition coefficient (Wildman–Crippen LogP) is 3.54. The highest BCUT2D eigenvalue weighted by atomic mass is 32.1. The number of ether oxygens (including phenoxy) is 1. The molecule has 114 valence electrons. The lowest BCUT2D eigenvalue weighted by atomic mass is 9.87. The molecule has 0 amide bonds. The van der Waals surface area contributed by atoms with Crippen molar-refractivity contribution in [3.63, 3.8) is 0 Å². The van der Waals surface area contributed by atoms with Crippen molar-refractivity contribution in [1.29, 1.82) is 0 Å². The fraction of sp³-hybridized carbons (Fsp3) is 0.588. The third-order valence-corrected chi connectivity index (χ3v) is 5.91. The van der Waals surface area contributed by atoms with Crippen LogP contribution in [0.25, 0.3) is 0 Å². The van der Waals surface area contributed by atoms with Crippen LogP contribution in [0.5, 0.6) is 0 Å². The van der Waals surface area contributed by atoms with E-state index in [1.165, 1.54) is 24.8 Å². The molecule has 1 aromatic heterocycles. The van der Waals surface area contributed by atoms with Crippen molar-refractivity contribution in [2.45, 2.75) is 38.3 Å². The van der Waals surface area contributed by atoms with E-state index in [2.05, 4.69) is 35.8 Å². The first-order chi connectivity index (χ1) is 10.2. The van der Waals surface area contributed by atoms with Gasteiger partial charge in [-0.05, 0) is 49.0 Å². The summed E-state index contributed by atoms with van der Waals surface area (Å²) in [7, 11) is 1.46. The predicted molar refractivity (Wildman–Crippen MR) is 85.1 cm³/mol. The van der Waals surface area contributed by atoms with Gasteiger partial charge in [0.25, 0.3) is 0 Å². The summed E-state index contributed by atoms with van der Waals surface area (Å²) in [5.74, 6) is 2.05. The van der Waals surface area contributed by atoms with Crippen molar-refractivity contribution >= 4 is 17.3 Å². The first kappa shape index (κ1) is 14.8. The van der Waals surface area contributed by atoms with E-state index >= 15 is 0 Å². The van der Waals surface area contributed by atoms with Crippen LogP contribution in [0.2, 0.25) is 0 Å². The Morgan fingerprint density at radius 3 is 2.90 bits per heavy atom. The van der Waals surface area contributed by atoms with E-state index in [1.807, 2.05) is 6.07 Å². The number of thiophene rings is 1. The summed E-state index contributed by atoms with van der Waals surface area (Å²) in [4.78, 5) is 12.9. The van der Waals surface area contributed by atoms with E-state index in [0.717, 1.165) is 11.8 Å². The van der Waals surface area contributed by atoms with Gasteiger partial charge in [-0.25, -0.2) is 0 Å². The molecule has 21 heavy (non-hydrogen) atoms. The quantitative estimate of drug-likeness (QED) is 0.645. The molecule has 0 aliphatic heterocycles. The second kappa shape index (κ2) is 6.32. The highest BCUT2D eigenvalue weighted by Crippen LogP contribution is 2.45. The highest BCUT2D eigenvalue weighted by Gasteiger charge is 2.39. The molecule has 1 fully saturated rings. The number of hydrogen-bond acceptors (Lipinski definition) is 4. The molecule has 3 nitrogen and oxygen atoms in total. The van der Waals surface area contributed by atoms with Gasteiger partial charge in [0.1, 0.15) is 0 Å². The number of methoxy groups -OCH3 is 1. The van der Waals surface area contributed by atoms with Crippen LogP contribution in [0.4, 0.5) is 0 Å². The van der Waals surface area contributed by atoms with Crippen LogP contribution in [0.1, 0.15) is 37.1 Å². The summed E-state index contributed by atoms with van der Waals surface area (Å²) >= 11 is 1.70. The second-order valence-corrected chi connectivity index (χ2v) is 7.23. The van der Waals surface area contributed by atoms with Crippen LogP contribution in [-0.4, -0.2) is 19.1 Å². The molecule has 2 aliphatic rings. The fourth-order valence-electron chi connectivity index (χ4n) is 3.82. The van der Waals surface area contributed by atoms with Crippen LogP contribution in [0.3, 0.4) is 0 Å². The SMILES string of the molecule is COC(=O)CC(NC(C)C1CC2C=CC1C2)c1cccs1. The molecular weight excluding hydrogens is 282 g/mol. The van der Waals surface area contributed by atoms with Crippen molar-refractivity contribution in [2.24, 2.45) is 17.8 Å². The van der Waals surface area contributed by atoms with Gasteiger partial charge >= 0.3 is 5.97 Å². The fourth-order valence-corrected chi connectivity index (χ4v) is 4.61. The number of fused-ring (bicyclic) bond motifs is 2. The zero-order chi connectivity index (χ0) is 14.8. The summed E-state index contributed by atoms with van der Waals surface area (Å²) in [6.45, 7) is 2.26. The van der Waals surface area contributed by atoms with Crippen LogP contribution in [0, 0.1) is 17.8 Å². The smallest absolute Gasteiger partial charge is 0.307 e. The lowest BCUT2D eigenvalue weighted by Gasteiger charge is -2.30. The van der Waals surface area contributed by atoms with Crippen LogP contribution < -0.4 is 5.32 Å². The minimum absolute atomic E-state index is 0.0653. The van der Waals surface area contributed by atoms with Crippen molar-refractivity contribution in [2.75, 3.05) is 7.11 Å². The summed E-state index contributed by atoms with van der Waals surface area (Å²) in [6.07, 6.45) is 7.76. The number of rotatable bonds is 6. The molecule has 2 bridgehead atoms. The molecule has 0 spiro atoms. The Hall–Kier alpha value is -1.13. The second-order valence-electron chi connectivity index (χ2n) is 6.25. The van der Waals surface area contributed by atoms with E-state index < -0.39 is 0 Å². The van der Waals surface area contributed by atoms with E-state index in [4.69, 9.17) is 4.74 Å². The molecule has 5 atom stereocenters. The average Bonchev–Trinajstić information content (AvgIpc) is 3.22. The normalized spacial score (nSPS) is 29.5. The lowest BCUT2D eigenvalue weighted by molar-refractivity contribution is -0.141. The largest absolute Gasteiger partial charge is 0.469 e. The van der Waals surface area contributed by atoms with Gasteiger partial charge in [-0.2, -0.15) is 0 Å². The maximum absolute atomic E-state index is 11.7. The number of nitrogens with one attached hydrogen (secondary N) is 1. The number of carbonyl (C=O) groups excluding carboxylic acids is 1. The maximum Gasteiger partial charge on any atom is 0.307 e. The molecule has 1 saturated carbocycles. The third-order valence-electron chi connectivity index (χ3n) is 4.92. The van der Waals surface area contributed by atoms with Gasteiger partial charge in [0.05, 0.1) is 19.6 Å². The molecule has 5 unspecified atom stereocenters. The summed E-state index contributed by atoms with van der Waals surface area (Å²) in [6, 6.07) is 4.62. The topological polar surface area (TPSA) is 38.3 Å². The lowest BCUT2D eigenvalue weighted by Crippen LogP contribution is -2.38. The zero-order valence-electron chi connectivity index (χ0n) is 12.6. The van der Waals surface area contributed by atoms with E-state index in [0.29, 0.717) is 18.4 Å². The van der Waals surface area contributed by atoms with Crippen molar-refractivity contribution in [1.82, 2.24) is 5.32 Å². The molecule has 4 heteroatoms. The van der Waals surface area contributed by atoms with Gasteiger partial charge in [-0.15, -0.1) is 11.3 Å². The summed E-state index contributed by atoms with van der Waals surface area (Å²) < 4.78 is 4.85. The minimum atomic E-state index is -0.152. The van der Waals surface area contributed by atoms with E-state index in [-0.39, 0.29) is 12.0 Å². The Balaban J connectivity index is 1.66. The standard InChI is InChI=1S/C17H23NO2S/c1-11(14-9-12-5-6-13(14)8-12)18-15(10-17(19)20-2)16-4-3-7-21-16/h3-7,11-15,18H,8-10H2,1-2H3. The number of hydrogen-bond donors (Lipinski definition) is 1. The van der Waals surface area contributed by atoms with Crippen LogP contribution in [0.15, 0.2) is 29.7 Å². The van der Waals surface area contributed by atoms with E-state index in [9.17, 15) is 4.79 Å².